The van der Waals surface area contributed by atoms with Crippen molar-refractivity contribution in [3.8, 4) is 22.3 Å². The van der Waals surface area contributed by atoms with Gasteiger partial charge in [-0.3, -0.25) is 10.1 Å². The Kier molecular flexibility index (Phi) is 2.43. The summed E-state index contributed by atoms with van der Waals surface area (Å²) in [6.45, 7) is 2.22. The van der Waals surface area contributed by atoms with Crippen LogP contribution in [0.15, 0.2) is 60.7 Å². The smallest absolute Gasteiger partial charge is 0.258 e. The van der Waals surface area contributed by atoms with Crippen LogP contribution < -0.4 is 0 Å². The lowest BCUT2D eigenvalue weighted by Crippen LogP contribution is -2.28. The molecule has 0 aliphatic heterocycles. The van der Waals surface area contributed by atoms with Crippen molar-refractivity contribution >= 4 is 5.69 Å². The summed E-state index contributed by atoms with van der Waals surface area (Å²) in [7, 11) is 0. The Bertz CT molecular complexity index is 1040. The Morgan fingerprint density at radius 1 is 0.917 bits per heavy atom. The fourth-order valence-corrected chi connectivity index (χ4v) is 4.57. The zero-order chi connectivity index (χ0) is 16.5. The molecular weight excluding hydrogens is 298 g/mol. The van der Waals surface area contributed by atoms with Gasteiger partial charge in [0, 0.05) is 17.5 Å². The van der Waals surface area contributed by atoms with Gasteiger partial charge in [0.15, 0.2) is 0 Å². The van der Waals surface area contributed by atoms with Crippen LogP contribution in [-0.4, -0.2) is 4.92 Å². The number of fused-ring (bicyclic) bond motifs is 5. The van der Waals surface area contributed by atoms with Crippen molar-refractivity contribution < 1.29 is 4.92 Å². The summed E-state index contributed by atoms with van der Waals surface area (Å²) < 4.78 is 0. The van der Waals surface area contributed by atoms with Gasteiger partial charge in [0.25, 0.3) is 5.69 Å². The van der Waals surface area contributed by atoms with E-state index < -0.39 is 0 Å². The lowest BCUT2D eigenvalue weighted by atomic mass is 9.68. The van der Waals surface area contributed by atoms with Crippen molar-refractivity contribution in [1.29, 1.82) is 0 Å². The summed E-state index contributed by atoms with van der Waals surface area (Å²) in [5, 5.41) is 11.3. The molecule has 0 aromatic heterocycles. The second-order valence-corrected chi connectivity index (χ2v) is 6.88. The van der Waals surface area contributed by atoms with Gasteiger partial charge in [-0.2, -0.15) is 0 Å². The van der Waals surface area contributed by atoms with Crippen molar-refractivity contribution in [3.05, 3.63) is 87.5 Å². The Hall–Kier alpha value is -2.94. The van der Waals surface area contributed by atoms with Gasteiger partial charge in [-0.05, 0) is 51.4 Å². The zero-order valence-corrected chi connectivity index (χ0v) is 13.2. The van der Waals surface area contributed by atoms with E-state index in [1.807, 2.05) is 6.07 Å². The first-order valence-electron chi connectivity index (χ1n) is 8.11. The van der Waals surface area contributed by atoms with Gasteiger partial charge in [0.1, 0.15) is 0 Å². The molecule has 2 aliphatic rings. The average molecular weight is 313 g/mol. The molecule has 116 valence electrons. The molecule has 0 heterocycles. The molecule has 0 radical (unpaired) electrons. The Morgan fingerprint density at radius 3 is 2.42 bits per heavy atom. The van der Waals surface area contributed by atoms with E-state index in [1.165, 1.54) is 27.8 Å². The SMILES string of the molecule is CC12Cc3ccccc3-c3cccc(c31)-c1ccc([N+](=O)[O-])cc12. The van der Waals surface area contributed by atoms with E-state index in [0.717, 1.165) is 17.5 Å². The Labute approximate surface area is 139 Å². The van der Waals surface area contributed by atoms with E-state index in [9.17, 15) is 10.1 Å². The van der Waals surface area contributed by atoms with E-state index in [-0.39, 0.29) is 16.0 Å². The van der Waals surface area contributed by atoms with Gasteiger partial charge in [-0.25, -0.2) is 0 Å². The van der Waals surface area contributed by atoms with Crippen LogP contribution in [0, 0.1) is 10.1 Å². The minimum atomic E-state index is -0.301. The maximum atomic E-state index is 11.3. The predicted molar refractivity (Wildman–Crippen MR) is 94.1 cm³/mol. The fourth-order valence-electron chi connectivity index (χ4n) is 4.57. The second kappa shape index (κ2) is 4.32. The maximum Gasteiger partial charge on any atom is 0.269 e. The van der Waals surface area contributed by atoms with Crippen molar-refractivity contribution in [2.24, 2.45) is 0 Å². The molecule has 24 heavy (non-hydrogen) atoms. The van der Waals surface area contributed by atoms with Crippen LogP contribution in [0.3, 0.4) is 0 Å². The highest BCUT2D eigenvalue weighted by Gasteiger charge is 2.44. The zero-order valence-electron chi connectivity index (χ0n) is 13.2. The summed E-state index contributed by atoms with van der Waals surface area (Å²) >= 11 is 0. The van der Waals surface area contributed by atoms with Gasteiger partial charge in [0.05, 0.1) is 4.92 Å². The quantitative estimate of drug-likeness (QED) is 0.463. The number of nitro groups is 1. The number of nitro benzene ring substituents is 1. The van der Waals surface area contributed by atoms with E-state index in [4.69, 9.17) is 0 Å². The molecule has 1 atom stereocenters. The van der Waals surface area contributed by atoms with E-state index in [2.05, 4.69) is 49.4 Å². The van der Waals surface area contributed by atoms with Crippen LogP contribution in [0.25, 0.3) is 22.3 Å². The van der Waals surface area contributed by atoms with E-state index in [0.29, 0.717) is 0 Å². The molecule has 0 saturated carbocycles. The molecule has 2 aliphatic carbocycles. The van der Waals surface area contributed by atoms with Crippen LogP contribution >= 0.6 is 0 Å². The molecule has 3 aromatic carbocycles. The first kappa shape index (κ1) is 13.5. The first-order chi connectivity index (χ1) is 11.6. The number of hydrogen-bond acceptors (Lipinski definition) is 2. The van der Waals surface area contributed by atoms with Gasteiger partial charge < -0.3 is 0 Å². The summed E-state index contributed by atoms with van der Waals surface area (Å²) in [4.78, 5) is 11.0. The van der Waals surface area contributed by atoms with Crippen LogP contribution in [0.1, 0.15) is 23.6 Å². The summed E-state index contributed by atoms with van der Waals surface area (Å²) in [5.41, 5.74) is 8.56. The largest absolute Gasteiger partial charge is 0.269 e. The monoisotopic (exact) mass is 313 g/mol. The minimum absolute atomic E-state index is 0.170. The van der Waals surface area contributed by atoms with E-state index >= 15 is 0 Å². The van der Waals surface area contributed by atoms with Crippen LogP contribution in [0.2, 0.25) is 0 Å². The molecule has 3 aromatic rings. The van der Waals surface area contributed by atoms with Gasteiger partial charge >= 0.3 is 0 Å². The number of rotatable bonds is 1. The molecule has 3 nitrogen and oxygen atoms in total. The average Bonchev–Trinajstić information content (AvgIpc) is 2.85. The standard InChI is InChI=1S/C21H15NO2/c1-21-12-13-5-2-3-6-15(13)17-7-4-8-18(20(17)21)16-10-9-14(22(23)24)11-19(16)21/h2-11H,12H2,1H3. The maximum absolute atomic E-state index is 11.3. The highest BCUT2D eigenvalue weighted by molar-refractivity contribution is 5.91. The lowest BCUT2D eigenvalue weighted by Gasteiger charge is -2.34. The van der Waals surface area contributed by atoms with Crippen LogP contribution in [0.4, 0.5) is 5.69 Å². The molecule has 0 saturated heterocycles. The van der Waals surface area contributed by atoms with Crippen molar-refractivity contribution in [2.75, 3.05) is 0 Å². The van der Waals surface area contributed by atoms with Gasteiger partial charge in [0.2, 0.25) is 0 Å². The first-order valence-corrected chi connectivity index (χ1v) is 8.11. The number of non-ortho nitro benzene ring substituents is 1. The number of hydrogen-bond donors (Lipinski definition) is 0. The summed E-state index contributed by atoms with van der Waals surface area (Å²) in [6.07, 6.45) is 0.876. The third kappa shape index (κ3) is 1.51. The number of benzene rings is 3. The third-order valence-electron chi connectivity index (χ3n) is 5.57. The predicted octanol–water partition coefficient (Wildman–Crippen LogP) is 5.10. The third-order valence-corrected chi connectivity index (χ3v) is 5.57. The van der Waals surface area contributed by atoms with E-state index in [1.54, 1.807) is 12.1 Å². The molecule has 5 rings (SSSR count). The summed E-state index contributed by atoms with van der Waals surface area (Å²) in [6, 6.07) is 20.2. The lowest BCUT2D eigenvalue weighted by molar-refractivity contribution is -0.384. The van der Waals surface area contributed by atoms with Crippen LogP contribution in [0.5, 0.6) is 0 Å². The molecule has 0 bridgehead atoms. The van der Waals surface area contributed by atoms with Crippen molar-refractivity contribution in [1.82, 2.24) is 0 Å². The van der Waals surface area contributed by atoms with Crippen LogP contribution in [-0.2, 0) is 11.8 Å². The molecule has 0 amide bonds. The normalized spacial score (nSPS) is 19.4. The second-order valence-electron chi connectivity index (χ2n) is 6.88. The minimum Gasteiger partial charge on any atom is -0.258 e. The molecule has 0 fully saturated rings. The highest BCUT2D eigenvalue weighted by Crippen LogP contribution is 2.57. The summed E-state index contributed by atoms with van der Waals surface area (Å²) in [5.74, 6) is 0. The van der Waals surface area contributed by atoms with Gasteiger partial charge in [-0.1, -0.05) is 49.4 Å². The van der Waals surface area contributed by atoms with Crippen molar-refractivity contribution in [3.63, 3.8) is 0 Å². The molecule has 3 heteroatoms. The molecule has 0 N–H and O–H groups in total. The van der Waals surface area contributed by atoms with Gasteiger partial charge in [-0.15, -0.1) is 0 Å². The molecule has 0 spiro atoms. The fraction of sp³-hybridized carbons (Fsp3) is 0.143. The number of nitrogens with zero attached hydrogens (tertiary/aromatic N) is 1. The molecule has 1 unspecified atom stereocenters. The topological polar surface area (TPSA) is 43.1 Å². The molecular formula is C21H15NO2. The Morgan fingerprint density at radius 2 is 1.62 bits per heavy atom. The van der Waals surface area contributed by atoms with Crippen molar-refractivity contribution in [2.45, 2.75) is 18.8 Å². The Balaban J connectivity index is 1.88. The highest BCUT2D eigenvalue weighted by atomic mass is 16.6.